The number of ether oxygens (including phenoxy) is 22. The van der Waals surface area contributed by atoms with Gasteiger partial charge >= 0.3 is 0 Å². The number of anilines is 1. The van der Waals surface area contributed by atoms with Crippen molar-refractivity contribution in [1.29, 1.82) is 0 Å². The van der Waals surface area contributed by atoms with Crippen molar-refractivity contribution in [3.05, 3.63) is 41.2 Å². The highest BCUT2D eigenvalue weighted by Gasteiger charge is 2.21. The number of nitrogen functional groups attached to an aromatic ring is 1. The summed E-state index contributed by atoms with van der Waals surface area (Å²) in [5.74, 6) is 1.82. The highest BCUT2D eigenvalue weighted by atomic mass is 16.6. The number of rotatable bonds is 72. The molecule has 0 amide bonds. The van der Waals surface area contributed by atoms with Crippen LogP contribution in [0.4, 0.5) is 5.82 Å². The highest BCUT2D eigenvalue weighted by molar-refractivity contribution is 5.88. The molecule has 1 aromatic carbocycles. The van der Waals surface area contributed by atoms with Gasteiger partial charge in [0.05, 0.1) is 270 Å². The summed E-state index contributed by atoms with van der Waals surface area (Å²) >= 11 is 0. The largest absolute Gasteiger partial charge is 0.472 e. The minimum atomic E-state index is -0.00982. The third kappa shape index (κ3) is 52.1. The summed E-state index contributed by atoms with van der Waals surface area (Å²) in [5.41, 5.74) is 15.4. The van der Waals surface area contributed by atoms with Crippen LogP contribution in [0.2, 0.25) is 0 Å². The Morgan fingerprint density at radius 1 is 0.436 bits per heavy atom. The fourth-order valence-electron chi connectivity index (χ4n) is 7.76. The van der Waals surface area contributed by atoms with Crippen molar-refractivity contribution in [3.63, 3.8) is 0 Å². The number of benzene rings is 1. The first kappa shape index (κ1) is 86.0. The highest BCUT2D eigenvalue weighted by Crippen LogP contribution is 2.29. The Morgan fingerprint density at radius 2 is 0.723 bits per heavy atom. The van der Waals surface area contributed by atoms with Gasteiger partial charge in [-0.15, -0.1) is 10.2 Å². The lowest BCUT2D eigenvalue weighted by atomic mass is 10.1. The van der Waals surface area contributed by atoms with E-state index in [2.05, 4.69) is 56.0 Å². The second-order valence-electron chi connectivity index (χ2n) is 20.3. The van der Waals surface area contributed by atoms with E-state index in [4.69, 9.17) is 116 Å². The molecule has 0 aliphatic heterocycles. The summed E-state index contributed by atoms with van der Waals surface area (Å²) in [7, 11) is 1.95. The lowest BCUT2D eigenvalue weighted by Crippen LogP contribution is -2.16. The van der Waals surface area contributed by atoms with Crippen molar-refractivity contribution in [2.24, 2.45) is 5.73 Å². The molecule has 0 aliphatic rings. The molecule has 0 bridgehead atoms. The Kier molecular flexibility index (Phi) is 61.8. The molecule has 0 fully saturated rings. The predicted molar refractivity (Wildman–Crippen MR) is 350 cm³/mol. The molecule has 94 heavy (non-hydrogen) atoms. The molecule has 0 atom stereocenters. The lowest BCUT2D eigenvalue weighted by Gasteiger charge is -2.14. The normalized spacial score (nSPS) is 11.6. The number of hydrogen-bond donors (Lipinski definition) is 3. The average Bonchev–Trinajstić information content (AvgIpc) is 1.61. The van der Waals surface area contributed by atoms with Crippen LogP contribution >= 0.6 is 0 Å². The van der Waals surface area contributed by atoms with Gasteiger partial charge in [0.2, 0.25) is 0 Å². The number of aryl methyl sites for hydroxylation is 1. The minimum absolute atomic E-state index is 0.00982. The second kappa shape index (κ2) is 67.5. The fourth-order valence-corrected chi connectivity index (χ4v) is 7.76. The quantitative estimate of drug-likeness (QED) is 0.0540. The number of carbonyl (C=O) groups is 1. The first-order valence-corrected chi connectivity index (χ1v) is 33.1. The molecule has 3 aromatic rings. The molecule has 3 rings (SSSR count). The van der Waals surface area contributed by atoms with E-state index in [1.165, 1.54) is 11.1 Å². The van der Waals surface area contributed by atoms with Gasteiger partial charge in [0.1, 0.15) is 23.5 Å². The number of aromatic nitrogens is 4. The molecule has 2 heterocycles. The molecule has 30 heteroatoms. The van der Waals surface area contributed by atoms with E-state index >= 15 is 0 Å². The molecular weight excluding hydrogens is 1230 g/mol. The molecule has 30 nitrogen and oxygen atoms in total. The van der Waals surface area contributed by atoms with E-state index in [0.717, 1.165) is 37.1 Å². The first-order chi connectivity index (χ1) is 46.4. The van der Waals surface area contributed by atoms with E-state index in [1.807, 2.05) is 20.9 Å². The lowest BCUT2D eigenvalue weighted by molar-refractivity contribution is -0.130. The zero-order valence-corrected chi connectivity index (χ0v) is 57.0. The van der Waals surface area contributed by atoms with Crippen molar-refractivity contribution >= 4 is 23.3 Å². The van der Waals surface area contributed by atoms with E-state index in [0.29, 0.717) is 301 Å². The molecule has 0 saturated heterocycles. The maximum Gasteiger partial charge on any atom is 0.293 e. The topological polar surface area (TPSA) is 328 Å². The molecule has 0 aliphatic carbocycles. The Balaban J connectivity index is 0.000000879. The van der Waals surface area contributed by atoms with Crippen LogP contribution in [0.15, 0.2) is 24.3 Å². The smallest absolute Gasteiger partial charge is 0.293 e. The van der Waals surface area contributed by atoms with Crippen LogP contribution in [-0.2, 0) is 124 Å². The summed E-state index contributed by atoms with van der Waals surface area (Å²) in [6.45, 7) is 28.4. The van der Waals surface area contributed by atoms with Crippen molar-refractivity contribution < 1.29 is 109 Å². The predicted octanol–water partition coefficient (Wildman–Crippen LogP) is 2.76. The number of imidazole rings is 1. The average molecular weight is 1350 g/mol. The third-order valence-electron chi connectivity index (χ3n) is 12.3. The van der Waals surface area contributed by atoms with Crippen molar-refractivity contribution in [3.8, 4) is 5.88 Å². The summed E-state index contributed by atoms with van der Waals surface area (Å²) in [6.07, 6.45) is 3.03. The number of nitrogens with zero attached hydrogens (tertiary/aromatic N) is 4. The summed E-state index contributed by atoms with van der Waals surface area (Å²) < 4.78 is 122. The van der Waals surface area contributed by atoms with E-state index in [1.54, 1.807) is 0 Å². The molecule has 546 valence electrons. The molecule has 0 unspecified atom stereocenters. The third-order valence-corrected chi connectivity index (χ3v) is 12.3. The molecule has 0 saturated carbocycles. The summed E-state index contributed by atoms with van der Waals surface area (Å²) in [5, 5.41) is 11.4. The van der Waals surface area contributed by atoms with Gasteiger partial charge in [-0.1, -0.05) is 37.6 Å². The summed E-state index contributed by atoms with van der Waals surface area (Å²) in [6, 6.07) is 8.61. The van der Waals surface area contributed by atoms with Gasteiger partial charge in [0.15, 0.2) is 5.82 Å². The van der Waals surface area contributed by atoms with Gasteiger partial charge in [-0.05, 0) is 38.4 Å². The summed E-state index contributed by atoms with van der Waals surface area (Å²) in [4.78, 5) is 14.8. The van der Waals surface area contributed by atoms with Crippen LogP contribution in [0, 0.1) is 0 Å². The number of fused-ring (bicyclic) bond motifs is 1. The van der Waals surface area contributed by atoms with Gasteiger partial charge in [-0.3, -0.25) is 4.79 Å². The SMILES string of the molecule is CCCCc1nc2c(N)nnc(OC(C)C)c2n1Cc1ccc(CNC)cc1.NCCOCCOCCOCCOCCOCCOCCOCCOCCOCCOCCOCCOCCOCCOCCOCCOCCOCCOCCOCCOCCOC=O. The number of hydrogen-bond acceptors (Lipinski definition) is 29. The van der Waals surface area contributed by atoms with Crippen LogP contribution in [-0.4, -0.2) is 317 Å². The van der Waals surface area contributed by atoms with Gasteiger partial charge in [-0.2, -0.15) is 0 Å². The van der Waals surface area contributed by atoms with Crippen molar-refractivity contribution in [2.45, 2.75) is 59.2 Å². The Labute approximate surface area is 557 Å². The minimum Gasteiger partial charge on any atom is -0.472 e. The molecular formula is C64H117N7O23. The van der Waals surface area contributed by atoms with Crippen LogP contribution in [0.5, 0.6) is 5.88 Å². The van der Waals surface area contributed by atoms with Crippen LogP contribution in [0.3, 0.4) is 0 Å². The number of carbonyl (C=O) groups excluding carboxylic acids is 1. The van der Waals surface area contributed by atoms with Crippen molar-refractivity contribution in [1.82, 2.24) is 25.1 Å². The van der Waals surface area contributed by atoms with Gasteiger partial charge < -0.3 is 126 Å². The van der Waals surface area contributed by atoms with Crippen LogP contribution in [0.1, 0.15) is 50.6 Å². The Hall–Kier alpha value is -4.04. The van der Waals surface area contributed by atoms with E-state index < -0.39 is 0 Å². The standard InChI is InChI=1S/C43H87NO22.C21H30N6O/c44-1-2-46-3-4-47-5-6-48-7-8-49-9-10-50-11-12-51-13-14-52-15-16-53-17-18-54-19-20-55-21-22-56-23-24-57-25-26-58-27-28-59-29-30-60-31-32-61-33-34-62-35-36-63-37-38-64-39-40-65-41-42-66-43-45;1-5-6-7-17-24-18-19(21(28-14(2)3)26-25-20(18)22)27(17)13-16-10-8-15(9-11-16)12-23-4/h43H,1-42,44H2;8-11,14,23H,5-7,12-13H2,1-4H3,(H2,22,25). The monoisotopic (exact) mass is 1350 g/mol. The number of unbranched alkanes of at least 4 members (excludes halogenated alkanes) is 1. The Bertz CT molecular complexity index is 2080. The van der Waals surface area contributed by atoms with Crippen molar-refractivity contribution in [2.75, 3.05) is 290 Å². The molecule has 2 aromatic heterocycles. The fraction of sp³-hybridized carbons (Fsp3) is 0.812. The maximum absolute atomic E-state index is 9.98. The van der Waals surface area contributed by atoms with Gasteiger partial charge in [-0.25, -0.2) is 4.98 Å². The van der Waals surface area contributed by atoms with Gasteiger partial charge in [0.25, 0.3) is 12.4 Å². The van der Waals surface area contributed by atoms with Crippen LogP contribution in [0.25, 0.3) is 11.0 Å². The maximum atomic E-state index is 9.98. The van der Waals surface area contributed by atoms with E-state index in [9.17, 15) is 4.79 Å². The molecule has 0 spiro atoms. The first-order valence-electron chi connectivity index (χ1n) is 33.1. The zero-order valence-electron chi connectivity index (χ0n) is 57.0. The molecule has 0 radical (unpaired) electrons. The van der Waals surface area contributed by atoms with E-state index in [-0.39, 0.29) is 12.7 Å². The molecule has 5 N–H and O–H groups in total. The second-order valence-corrected chi connectivity index (χ2v) is 20.3. The van der Waals surface area contributed by atoms with Crippen LogP contribution < -0.4 is 21.5 Å². The van der Waals surface area contributed by atoms with Gasteiger partial charge in [0, 0.05) is 26.1 Å². The number of nitrogens with one attached hydrogen (secondary N) is 1. The Morgan fingerprint density at radius 3 is 0.989 bits per heavy atom. The zero-order chi connectivity index (χ0) is 67.4. The number of nitrogens with two attached hydrogens (primary N) is 2.